The van der Waals surface area contributed by atoms with Crippen molar-refractivity contribution in [2.24, 2.45) is 11.7 Å². The highest BCUT2D eigenvalue weighted by Gasteiger charge is 2.34. The number of thiazole rings is 1. The molecule has 2 atom stereocenters. The molecule has 3 aromatic rings. The van der Waals surface area contributed by atoms with Crippen LogP contribution in [0.5, 0.6) is 0 Å². The lowest BCUT2D eigenvalue weighted by Crippen LogP contribution is -2.46. The number of primary amides is 1. The maximum atomic E-state index is 13.1. The van der Waals surface area contributed by atoms with Crippen molar-refractivity contribution >= 4 is 34.7 Å². The van der Waals surface area contributed by atoms with E-state index in [0.717, 1.165) is 28.8 Å². The fraction of sp³-hybridized carbons (Fsp3) is 0.261. The molecular formula is C23H23N5O3S. The molecule has 3 N–H and O–H groups in total. The van der Waals surface area contributed by atoms with Crippen molar-refractivity contribution < 1.29 is 14.4 Å². The highest BCUT2D eigenvalue weighted by atomic mass is 32.1. The largest absolute Gasteiger partial charge is 0.366 e. The van der Waals surface area contributed by atoms with Crippen LogP contribution < -0.4 is 11.1 Å². The van der Waals surface area contributed by atoms with Crippen molar-refractivity contribution in [2.75, 3.05) is 11.9 Å². The molecule has 0 saturated carbocycles. The fourth-order valence-electron chi connectivity index (χ4n) is 3.91. The van der Waals surface area contributed by atoms with Crippen LogP contribution in [-0.2, 0) is 9.59 Å². The van der Waals surface area contributed by atoms with E-state index in [-0.39, 0.29) is 17.3 Å². The molecular weight excluding hydrogens is 426 g/mol. The van der Waals surface area contributed by atoms with E-state index in [0.29, 0.717) is 12.5 Å². The molecule has 8 nitrogen and oxygen atoms in total. The number of aromatic nitrogens is 2. The standard InChI is InChI=1S/C23H23N5O3S/c1-14-2-7-19(15-3-5-16(6-4-15)20-11-26-13-32-20)28(12-14)23(31)22(30)27-18-8-17(21(24)29)9-25-10-18/h3-6,8-11,13-14,19H,2,7,12H2,1H3,(H2,24,29)(H,27,30). The normalized spacial score (nSPS) is 18.2. The summed E-state index contributed by atoms with van der Waals surface area (Å²) in [5.74, 6) is -1.75. The number of rotatable bonds is 4. The molecule has 2 aromatic heterocycles. The lowest BCUT2D eigenvalue weighted by atomic mass is 9.89. The summed E-state index contributed by atoms with van der Waals surface area (Å²) in [6.45, 7) is 2.56. The van der Waals surface area contributed by atoms with Crippen molar-refractivity contribution in [3.8, 4) is 10.4 Å². The number of hydrogen-bond acceptors (Lipinski definition) is 6. The second kappa shape index (κ2) is 9.27. The van der Waals surface area contributed by atoms with Crippen molar-refractivity contribution in [3.05, 3.63) is 65.6 Å². The van der Waals surface area contributed by atoms with Crippen molar-refractivity contribution in [1.29, 1.82) is 0 Å². The van der Waals surface area contributed by atoms with Gasteiger partial charge >= 0.3 is 11.8 Å². The predicted molar refractivity (Wildman–Crippen MR) is 122 cm³/mol. The topological polar surface area (TPSA) is 118 Å². The molecule has 1 aromatic carbocycles. The van der Waals surface area contributed by atoms with E-state index in [1.807, 2.05) is 30.5 Å². The molecule has 3 amide bonds. The molecule has 4 rings (SSSR count). The second-order valence-electron chi connectivity index (χ2n) is 7.92. The molecule has 32 heavy (non-hydrogen) atoms. The van der Waals surface area contributed by atoms with Crippen LogP contribution in [0, 0.1) is 5.92 Å². The molecule has 9 heteroatoms. The Bertz CT molecular complexity index is 1130. The van der Waals surface area contributed by atoms with Crippen LogP contribution >= 0.6 is 11.3 Å². The lowest BCUT2D eigenvalue weighted by Gasteiger charge is -2.38. The van der Waals surface area contributed by atoms with Crippen molar-refractivity contribution in [1.82, 2.24) is 14.9 Å². The van der Waals surface area contributed by atoms with E-state index in [1.165, 1.54) is 18.5 Å². The lowest BCUT2D eigenvalue weighted by molar-refractivity contribution is -0.146. The first-order valence-electron chi connectivity index (χ1n) is 10.3. The molecule has 0 radical (unpaired) electrons. The molecule has 1 saturated heterocycles. The number of nitrogens with zero attached hydrogens (tertiary/aromatic N) is 3. The van der Waals surface area contributed by atoms with Gasteiger partial charge in [-0.2, -0.15) is 0 Å². The Labute approximate surface area is 189 Å². The SMILES string of the molecule is CC1CCC(c2ccc(-c3cncs3)cc2)N(C(=O)C(=O)Nc2cncc(C(N)=O)c2)C1. The smallest absolute Gasteiger partial charge is 0.313 e. The number of amides is 3. The zero-order chi connectivity index (χ0) is 22.7. The number of anilines is 1. The highest BCUT2D eigenvalue weighted by Crippen LogP contribution is 2.35. The first-order valence-corrected chi connectivity index (χ1v) is 11.2. The number of carbonyl (C=O) groups is 3. The van der Waals surface area contributed by atoms with Crippen LogP contribution in [-0.4, -0.2) is 39.1 Å². The molecule has 1 aliphatic rings. The third-order valence-electron chi connectivity index (χ3n) is 5.57. The number of piperidine rings is 1. The molecule has 0 aliphatic carbocycles. The number of carbonyl (C=O) groups excluding carboxylic acids is 3. The van der Waals surface area contributed by atoms with Crippen LogP contribution in [0.4, 0.5) is 5.69 Å². The highest BCUT2D eigenvalue weighted by molar-refractivity contribution is 7.13. The Morgan fingerprint density at radius 3 is 2.56 bits per heavy atom. The molecule has 0 bridgehead atoms. The number of benzene rings is 1. The Balaban J connectivity index is 1.52. The van der Waals surface area contributed by atoms with E-state index in [1.54, 1.807) is 21.7 Å². The van der Waals surface area contributed by atoms with E-state index >= 15 is 0 Å². The van der Waals surface area contributed by atoms with Crippen LogP contribution in [0.25, 0.3) is 10.4 Å². The van der Waals surface area contributed by atoms with E-state index in [4.69, 9.17) is 5.73 Å². The Morgan fingerprint density at radius 2 is 1.88 bits per heavy atom. The van der Waals surface area contributed by atoms with E-state index in [2.05, 4.69) is 22.2 Å². The summed E-state index contributed by atoms with van der Waals surface area (Å²) in [4.78, 5) is 47.9. The van der Waals surface area contributed by atoms with Gasteiger partial charge in [0.25, 0.3) is 0 Å². The third-order valence-corrected chi connectivity index (χ3v) is 6.39. The fourth-order valence-corrected chi connectivity index (χ4v) is 4.54. The van der Waals surface area contributed by atoms with Gasteiger partial charge in [-0.15, -0.1) is 11.3 Å². The average Bonchev–Trinajstić information content (AvgIpc) is 3.34. The summed E-state index contributed by atoms with van der Waals surface area (Å²) in [5.41, 5.74) is 9.51. The maximum absolute atomic E-state index is 13.1. The summed E-state index contributed by atoms with van der Waals surface area (Å²) in [6, 6.07) is 9.27. The van der Waals surface area contributed by atoms with Gasteiger partial charge in [-0.1, -0.05) is 31.2 Å². The zero-order valence-corrected chi connectivity index (χ0v) is 18.3. The molecule has 1 aliphatic heterocycles. The summed E-state index contributed by atoms with van der Waals surface area (Å²) >= 11 is 1.57. The molecule has 164 valence electrons. The number of hydrogen-bond donors (Lipinski definition) is 2. The van der Waals surface area contributed by atoms with Gasteiger partial charge in [-0.05, 0) is 36.0 Å². The van der Waals surface area contributed by atoms with Gasteiger partial charge in [-0.3, -0.25) is 24.4 Å². The summed E-state index contributed by atoms with van der Waals surface area (Å²) < 4.78 is 0. The Hall–Kier alpha value is -3.59. The molecule has 1 fully saturated rings. The zero-order valence-electron chi connectivity index (χ0n) is 17.5. The molecule has 2 unspecified atom stereocenters. The van der Waals surface area contributed by atoms with Crippen LogP contribution in [0.1, 0.15) is 41.7 Å². The average molecular weight is 450 g/mol. The number of pyridine rings is 1. The minimum atomic E-state index is -0.770. The minimum Gasteiger partial charge on any atom is -0.366 e. The summed E-state index contributed by atoms with van der Waals surface area (Å²) in [5, 5.41) is 2.54. The monoisotopic (exact) mass is 449 g/mol. The van der Waals surface area contributed by atoms with E-state index in [9.17, 15) is 14.4 Å². The van der Waals surface area contributed by atoms with Crippen LogP contribution in [0.15, 0.2) is 54.4 Å². The van der Waals surface area contributed by atoms with Gasteiger partial charge in [-0.25, -0.2) is 0 Å². The van der Waals surface area contributed by atoms with Gasteiger partial charge < -0.3 is 16.0 Å². The quantitative estimate of drug-likeness (QED) is 0.593. The van der Waals surface area contributed by atoms with Crippen molar-refractivity contribution in [2.45, 2.75) is 25.8 Å². The number of likely N-dealkylation sites (tertiary alicyclic amines) is 1. The minimum absolute atomic E-state index is 0.153. The van der Waals surface area contributed by atoms with Gasteiger partial charge in [0.2, 0.25) is 5.91 Å². The van der Waals surface area contributed by atoms with Crippen LogP contribution in [0.2, 0.25) is 0 Å². The predicted octanol–water partition coefficient (Wildman–Crippen LogP) is 3.24. The first-order chi connectivity index (χ1) is 15.4. The number of nitrogens with two attached hydrogens (primary N) is 1. The van der Waals surface area contributed by atoms with Gasteiger partial charge in [0.15, 0.2) is 0 Å². The van der Waals surface area contributed by atoms with Gasteiger partial charge in [0.05, 0.1) is 33.9 Å². The summed E-state index contributed by atoms with van der Waals surface area (Å²) in [7, 11) is 0. The summed E-state index contributed by atoms with van der Waals surface area (Å²) in [6.07, 6.45) is 6.24. The van der Waals surface area contributed by atoms with E-state index < -0.39 is 17.7 Å². The van der Waals surface area contributed by atoms with Gasteiger partial charge in [0.1, 0.15) is 0 Å². The van der Waals surface area contributed by atoms with Gasteiger partial charge in [0, 0.05) is 18.9 Å². The third kappa shape index (κ3) is 4.67. The number of nitrogens with one attached hydrogen (secondary N) is 1. The van der Waals surface area contributed by atoms with Crippen molar-refractivity contribution in [3.63, 3.8) is 0 Å². The Kier molecular flexibility index (Phi) is 6.27. The first kappa shape index (κ1) is 21.6. The second-order valence-corrected chi connectivity index (χ2v) is 8.81. The van der Waals surface area contributed by atoms with Crippen LogP contribution in [0.3, 0.4) is 0 Å². The molecule has 3 heterocycles. The Morgan fingerprint density at radius 1 is 1.09 bits per heavy atom. The molecule has 0 spiro atoms. The maximum Gasteiger partial charge on any atom is 0.313 e.